The molecule has 1 fully saturated rings. The van der Waals surface area contributed by atoms with Gasteiger partial charge >= 0.3 is 6.09 Å². The van der Waals surface area contributed by atoms with E-state index in [-0.39, 0.29) is 50.7 Å². The van der Waals surface area contributed by atoms with Crippen LogP contribution in [0.5, 0.6) is 11.5 Å². The zero-order valence-electron chi connectivity index (χ0n) is 19.7. The lowest BCUT2D eigenvalue weighted by Crippen LogP contribution is -2.60. The Labute approximate surface area is 202 Å². The summed E-state index contributed by atoms with van der Waals surface area (Å²) in [7, 11) is 2.97. The molecule has 2 aliphatic rings. The molecule has 35 heavy (non-hydrogen) atoms. The van der Waals surface area contributed by atoms with E-state index in [1.807, 2.05) is 12.1 Å². The van der Waals surface area contributed by atoms with Crippen LogP contribution in [0.15, 0.2) is 36.4 Å². The number of rotatable bonds is 7. The van der Waals surface area contributed by atoms with E-state index in [4.69, 9.17) is 14.2 Å². The molecular formula is C25H29FN2O7. The Balaban J connectivity index is 1.56. The highest BCUT2D eigenvalue weighted by Crippen LogP contribution is 2.39. The molecule has 2 N–H and O–H groups in total. The number of hydrogen-bond donors (Lipinski definition) is 2. The third kappa shape index (κ3) is 5.03. The van der Waals surface area contributed by atoms with Gasteiger partial charge in [0, 0.05) is 25.6 Å². The quantitative estimate of drug-likeness (QED) is 0.617. The minimum absolute atomic E-state index is 0.0113. The van der Waals surface area contributed by atoms with Crippen molar-refractivity contribution in [2.24, 2.45) is 0 Å². The van der Waals surface area contributed by atoms with Gasteiger partial charge in [0.15, 0.2) is 0 Å². The monoisotopic (exact) mass is 488 g/mol. The summed E-state index contributed by atoms with van der Waals surface area (Å²) in [5.41, 5.74) is 0.124. The summed E-state index contributed by atoms with van der Waals surface area (Å²) < 4.78 is 31.5. The predicted octanol–water partition coefficient (Wildman–Crippen LogP) is 2.82. The van der Waals surface area contributed by atoms with Gasteiger partial charge in [-0.15, -0.1) is 0 Å². The largest absolute Gasteiger partial charge is 0.497 e. The van der Waals surface area contributed by atoms with Crippen molar-refractivity contribution in [1.82, 2.24) is 4.90 Å². The number of benzene rings is 2. The molecule has 2 atom stereocenters. The van der Waals surface area contributed by atoms with Crippen LogP contribution in [0.1, 0.15) is 24.0 Å². The summed E-state index contributed by atoms with van der Waals surface area (Å²) in [5, 5.41) is 20.4. The Kier molecular flexibility index (Phi) is 7.13. The van der Waals surface area contributed by atoms with E-state index in [9.17, 15) is 19.8 Å². The number of likely N-dealkylation sites (tertiary alicyclic amines) is 1. The van der Waals surface area contributed by atoms with Crippen LogP contribution in [-0.4, -0.2) is 72.7 Å². The van der Waals surface area contributed by atoms with Crippen LogP contribution in [0, 0.1) is 5.82 Å². The number of anilines is 1. The number of carbonyl (C=O) groups excluding carboxylic acids is 1. The van der Waals surface area contributed by atoms with Gasteiger partial charge in [-0.1, -0.05) is 12.1 Å². The van der Waals surface area contributed by atoms with Gasteiger partial charge in [0.25, 0.3) is 0 Å². The van der Waals surface area contributed by atoms with Crippen molar-refractivity contribution >= 4 is 17.7 Å². The molecule has 0 bridgehead atoms. The van der Waals surface area contributed by atoms with Crippen molar-refractivity contribution in [1.29, 1.82) is 0 Å². The number of aliphatic hydroxyl groups is 1. The van der Waals surface area contributed by atoms with Gasteiger partial charge in [0.1, 0.15) is 35.6 Å². The van der Waals surface area contributed by atoms with Gasteiger partial charge < -0.3 is 34.2 Å². The summed E-state index contributed by atoms with van der Waals surface area (Å²) in [5.74, 6) is 0.334. The van der Waals surface area contributed by atoms with E-state index in [1.165, 1.54) is 29.0 Å². The molecule has 188 valence electrons. The number of fused-ring (bicyclic) bond motifs is 1. The second kappa shape index (κ2) is 10.1. The molecule has 2 aliphatic heterocycles. The van der Waals surface area contributed by atoms with E-state index in [0.717, 1.165) is 5.56 Å². The maximum atomic E-state index is 15.0. The van der Waals surface area contributed by atoms with Crippen molar-refractivity contribution in [3.63, 3.8) is 0 Å². The minimum Gasteiger partial charge on any atom is -0.497 e. The first kappa shape index (κ1) is 24.7. The summed E-state index contributed by atoms with van der Waals surface area (Å²) in [6, 6.07) is 9.95. The number of piperidine rings is 1. The van der Waals surface area contributed by atoms with Crippen LogP contribution < -0.4 is 14.4 Å². The van der Waals surface area contributed by atoms with Gasteiger partial charge in [0.05, 0.1) is 25.9 Å². The molecule has 4 rings (SSSR count). The van der Waals surface area contributed by atoms with Crippen LogP contribution in [0.3, 0.4) is 0 Å². The van der Waals surface area contributed by atoms with Gasteiger partial charge in [0.2, 0.25) is 5.91 Å². The lowest BCUT2D eigenvalue weighted by molar-refractivity contribution is -0.145. The van der Waals surface area contributed by atoms with Crippen LogP contribution >= 0.6 is 0 Å². The van der Waals surface area contributed by atoms with Crippen molar-refractivity contribution in [3.05, 3.63) is 53.3 Å². The maximum Gasteiger partial charge on any atom is 0.407 e. The maximum absolute atomic E-state index is 15.0. The molecule has 0 unspecified atom stereocenters. The molecule has 2 amide bonds. The molecule has 0 aromatic heterocycles. The third-order valence-electron chi connectivity index (χ3n) is 6.68. The van der Waals surface area contributed by atoms with Crippen LogP contribution in [-0.2, 0) is 22.5 Å². The molecule has 2 aromatic rings. The molecule has 2 aromatic carbocycles. The predicted molar refractivity (Wildman–Crippen MR) is 124 cm³/mol. The van der Waals surface area contributed by atoms with Crippen molar-refractivity contribution in [3.8, 4) is 11.5 Å². The van der Waals surface area contributed by atoms with E-state index < -0.39 is 23.6 Å². The van der Waals surface area contributed by atoms with Crippen molar-refractivity contribution < 1.29 is 38.4 Å². The van der Waals surface area contributed by atoms with Gasteiger partial charge in [-0.25, -0.2) is 9.18 Å². The fourth-order valence-corrected chi connectivity index (χ4v) is 4.62. The normalized spacial score (nSPS) is 22.1. The molecule has 0 radical (unpaired) electrons. The Morgan fingerprint density at radius 2 is 1.91 bits per heavy atom. The van der Waals surface area contributed by atoms with E-state index >= 15 is 4.39 Å². The van der Waals surface area contributed by atoms with Crippen LogP contribution in [0.2, 0.25) is 0 Å². The van der Waals surface area contributed by atoms with Crippen LogP contribution in [0.4, 0.5) is 14.9 Å². The summed E-state index contributed by atoms with van der Waals surface area (Å²) in [6.07, 6.45) is -1.23. The van der Waals surface area contributed by atoms with Crippen molar-refractivity contribution in [2.75, 3.05) is 38.8 Å². The Morgan fingerprint density at radius 1 is 1.17 bits per heavy atom. The Morgan fingerprint density at radius 3 is 2.57 bits per heavy atom. The van der Waals surface area contributed by atoms with E-state index in [0.29, 0.717) is 23.5 Å². The summed E-state index contributed by atoms with van der Waals surface area (Å²) >= 11 is 0. The van der Waals surface area contributed by atoms with Gasteiger partial charge in [-0.3, -0.25) is 4.79 Å². The number of ether oxygens (including phenoxy) is 3. The van der Waals surface area contributed by atoms with Crippen molar-refractivity contribution in [2.45, 2.75) is 37.5 Å². The topological polar surface area (TPSA) is 109 Å². The number of carboxylic acid groups (broad SMARTS) is 1. The molecule has 9 nitrogen and oxygen atoms in total. The number of carbonyl (C=O) groups is 2. The number of amides is 2. The minimum atomic E-state index is -1.42. The first-order valence-electron chi connectivity index (χ1n) is 11.4. The second-order valence-electron chi connectivity index (χ2n) is 8.80. The standard InChI is InChI=1S/C25H29FN2O7/c1-33-17-5-3-16(4-6-17)13-28-22(29)10-7-18-20(9-8-19(26)23(18)28)35-15-25(32)11-12-27(24(30)31)14-21(25)34-2/h3-6,8-9,21,32H,7,10-15H2,1-2H3,(H,30,31)/t21-,25+/m0/s1. The Hall–Kier alpha value is -3.37. The van der Waals surface area contributed by atoms with E-state index in [1.54, 1.807) is 19.2 Å². The fraction of sp³-hybridized carbons (Fsp3) is 0.440. The average molecular weight is 489 g/mol. The molecule has 10 heteroatoms. The second-order valence-corrected chi connectivity index (χ2v) is 8.80. The molecular weight excluding hydrogens is 459 g/mol. The number of hydrogen-bond acceptors (Lipinski definition) is 6. The number of methoxy groups -OCH3 is 2. The lowest BCUT2D eigenvalue weighted by atomic mass is 9.89. The van der Waals surface area contributed by atoms with E-state index in [2.05, 4.69) is 0 Å². The SMILES string of the molecule is COc1ccc(CN2C(=O)CCc3c(OC[C@]4(O)CCN(C(=O)O)C[C@@H]4OC)ccc(F)c32)cc1. The fourth-order valence-electron chi connectivity index (χ4n) is 4.62. The zero-order valence-corrected chi connectivity index (χ0v) is 19.7. The number of halogens is 1. The molecule has 0 saturated carbocycles. The Bertz CT molecular complexity index is 1090. The lowest BCUT2D eigenvalue weighted by Gasteiger charge is -2.42. The average Bonchev–Trinajstić information content (AvgIpc) is 2.85. The molecule has 1 saturated heterocycles. The highest BCUT2D eigenvalue weighted by atomic mass is 19.1. The highest BCUT2D eigenvalue weighted by molar-refractivity contribution is 5.97. The molecule has 0 spiro atoms. The smallest absolute Gasteiger partial charge is 0.407 e. The van der Waals surface area contributed by atoms with Gasteiger partial charge in [-0.05, 0) is 42.7 Å². The summed E-state index contributed by atoms with van der Waals surface area (Å²) in [4.78, 5) is 26.7. The van der Waals surface area contributed by atoms with Crippen LogP contribution in [0.25, 0.3) is 0 Å². The van der Waals surface area contributed by atoms with Gasteiger partial charge in [-0.2, -0.15) is 0 Å². The first-order valence-corrected chi connectivity index (χ1v) is 11.4. The molecule has 0 aliphatic carbocycles. The molecule has 2 heterocycles. The zero-order chi connectivity index (χ0) is 25.2. The third-order valence-corrected chi connectivity index (χ3v) is 6.68. The highest BCUT2D eigenvalue weighted by Gasteiger charge is 2.44. The number of nitrogens with zero attached hydrogens (tertiary/aromatic N) is 2. The first-order chi connectivity index (χ1) is 16.8. The summed E-state index contributed by atoms with van der Waals surface area (Å²) in [6.45, 7) is 0.179.